The zero-order valence-corrected chi connectivity index (χ0v) is 10.9. The highest BCUT2D eigenvalue weighted by molar-refractivity contribution is 5.84. The van der Waals surface area contributed by atoms with E-state index in [0.717, 1.165) is 28.9 Å². The van der Waals surface area contributed by atoms with Gasteiger partial charge in [-0.2, -0.15) is 0 Å². The molecule has 20 heavy (non-hydrogen) atoms. The van der Waals surface area contributed by atoms with Crippen LogP contribution in [0.25, 0.3) is 6.08 Å². The molecule has 0 aromatic heterocycles. The van der Waals surface area contributed by atoms with Crippen molar-refractivity contribution < 1.29 is 14.3 Å². The lowest BCUT2D eigenvalue weighted by atomic mass is 10.1. The Morgan fingerprint density at radius 3 is 2.80 bits per heavy atom. The maximum atomic E-state index is 10.8. The summed E-state index contributed by atoms with van der Waals surface area (Å²) in [6, 6.07) is 15.6. The van der Waals surface area contributed by atoms with E-state index < -0.39 is 0 Å². The summed E-state index contributed by atoms with van der Waals surface area (Å²) in [5, 5.41) is 0. The molecule has 0 fully saturated rings. The Morgan fingerprint density at radius 1 is 1.15 bits per heavy atom. The van der Waals surface area contributed by atoms with Gasteiger partial charge in [0.2, 0.25) is 0 Å². The molecule has 0 radical (unpaired) electrons. The van der Waals surface area contributed by atoms with Crippen molar-refractivity contribution in [2.45, 2.75) is 6.61 Å². The van der Waals surface area contributed by atoms with Crippen LogP contribution in [0.2, 0.25) is 0 Å². The molecule has 0 saturated carbocycles. The highest BCUT2D eigenvalue weighted by Crippen LogP contribution is 2.29. The Labute approximate surface area is 117 Å². The summed E-state index contributed by atoms with van der Waals surface area (Å²) < 4.78 is 11.2. The number of aldehydes is 1. The summed E-state index contributed by atoms with van der Waals surface area (Å²) in [6.45, 7) is 0.853. The van der Waals surface area contributed by atoms with Crippen LogP contribution in [0.1, 0.15) is 11.1 Å². The zero-order valence-electron chi connectivity index (χ0n) is 10.9. The summed E-state index contributed by atoms with van der Waals surface area (Å²) in [4.78, 5) is 10.8. The molecule has 1 aliphatic heterocycles. The molecule has 100 valence electrons. The SMILES string of the molecule is O=CC1=Cc2cc(OCc3ccccc3)ccc2OC1. The first kappa shape index (κ1) is 12.5. The minimum Gasteiger partial charge on any atom is -0.489 e. The lowest BCUT2D eigenvalue weighted by Gasteiger charge is -2.16. The number of hydrogen-bond acceptors (Lipinski definition) is 3. The van der Waals surface area contributed by atoms with Gasteiger partial charge < -0.3 is 9.47 Å². The average molecular weight is 266 g/mol. The molecule has 3 heteroatoms. The number of hydrogen-bond donors (Lipinski definition) is 0. The third kappa shape index (κ3) is 2.72. The molecule has 0 unspecified atom stereocenters. The van der Waals surface area contributed by atoms with Crippen LogP contribution in [0.15, 0.2) is 54.1 Å². The molecular weight excluding hydrogens is 252 g/mol. The highest BCUT2D eigenvalue weighted by Gasteiger charge is 2.11. The molecule has 0 aliphatic carbocycles. The van der Waals surface area contributed by atoms with Crippen LogP contribution >= 0.6 is 0 Å². The lowest BCUT2D eigenvalue weighted by Crippen LogP contribution is -2.08. The smallest absolute Gasteiger partial charge is 0.149 e. The van der Waals surface area contributed by atoms with Crippen LogP contribution in [0, 0.1) is 0 Å². The zero-order chi connectivity index (χ0) is 13.8. The predicted octanol–water partition coefficient (Wildman–Crippen LogP) is 3.24. The molecule has 0 atom stereocenters. The van der Waals surface area contributed by atoms with E-state index in [4.69, 9.17) is 9.47 Å². The van der Waals surface area contributed by atoms with E-state index in [1.54, 1.807) is 0 Å². The van der Waals surface area contributed by atoms with E-state index in [1.165, 1.54) is 0 Å². The van der Waals surface area contributed by atoms with Crippen LogP contribution in [0.4, 0.5) is 0 Å². The average Bonchev–Trinajstić information content (AvgIpc) is 2.53. The van der Waals surface area contributed by atoms with Crippen LogP contribution in [0.3, 0.4) is 0 Å². The van der Waals surface area contributed by atoms with Gasteiger partial charge in [-0.15, -0.1) is 0 Å². The van der Waals surface area contributed by atoms with Gasteiger partial charge in [0.1, 0.15) is 31.0 Å². The minimum atomic E-state index is 0.334. The molecule has 0 spiro atoms. The van der Waals surface area contributed by atoms with Gasteiger partial charge in [0.15, 0.2) is 0 Å². The largest absolute Gasteiger partial charge is 0.489 e. The Balaban J connectivity index is 1.76. The molecule has 2 aromatic carbocycles. The number of carbonyl (C=O) groups is 1. The van der Waals surface area contributed by atoms with Crippen molar-refractivity contribution in [1.82, 2.24) is 0 Å². The number of carbonyl (C=O) groups excluding carboxylic acids is 1. The quantitative estimate of drug-likeness (QED) is 0.797. The van der Waals surface area contributed by atoms with Gasteiger partial charge >= 0.3 is 0 Å². The van der Waals surface area contributed by atoms with Gasteiger partial charge in [-0.25, -0.2) is 0 Å². The third-order valence-corrected chi connectivity index (χ3v) is 3.12. The predicted molar refractivity (Wildman–Crippen MR) is 76.8 cm³/mol. The second kappa shape index (κ2) is 5.61. The third-order valence-electron chi connectivity index (χ3n) is 3.12. The van der Waals surface area contributed by atoms with Gasteiger partial charge in [0, 0.05) is 11.1 Å². The van der Waals surface area contributed by atoms with E-state index in [2.05, 4.69) is 0 Å². The number of rotatable bonds is 4. The van der Waals surface area contributed by atoms with Gasteiger partial charge in [0.05, 0.1) is 0 Å². The Bertz CT molecular complexity index is 645. The molecule has 0 N–H and O–H groups in total. The Morgan fingerprint density at radius 2 is 2.00 bits per heavy atom. The molecule has 0 amide bonds. The van der Waals surface area contributed by atoms with Crippen LogP contribution in [-0.2, 0) is 11.4 Å². The Kier molecular flexibility index (Phi) is 3.50. The van der Waals surface area contributed by atoms with Gasteiger partial charge in [-0.1, -0.05) is 30.3 Å². The monoisotopic (exact) mass is 266 g/mol. The molecular formula is C17H14O3. The van der Waals surface area contributed by atoms with Crippen LogP contribution < -0.4 is 9.47 Å². The second-order valence-electron chi connectivity index (χ2n) is 4.60. The molecule has 1 aliphatic rings. The van der Waals surface area contributed by atoms with E-state index in [9.17, 15) is 4.79 Å². The van der Waals surface area contributed by atoms with E-state index in [0.29, 0.717) is 18.8 Å². The normalized spacial score (nSPS) is 12.9. The number of benzene rings is 2. The maximum Gasteiger partial charge on any atom is 0.149 e. The van der Waals surface area contributed by atoms with E-state index in [-0.39, 0.29) is 0 Å². The second-order valence-corrected chi connectivity index (χ2v) is 4.60. The van der Waals surface area contributed by atoms with Crippen LogP contribution in [-0.4, -0.2) is 12.9 Å². The molecule has 0 saturated heterocycles. The van der Waals surface area contributed by atoms with E-state index in [1.807, 2.05) is 54.6 Å². The summed E-state index contributed by atoms with van der Waals surface area (Å²) in [6.07, 6.45) is 2.65. The topological polar surface area (TPSA) is 35.5 Å². The Hall–Kier alpha value is -2.55. The van der Waals surface area contributed by atoms with Crippen molar-refractivity contribution in [2.24, 2.45) is 0 Å². The highest BCUT2D eigenvalue weighted by atomic mass is 16.5. The van der Waals surface area contributed by atoms with Gasteiger partial charge in [-0.3, -0.25) is 4.79 Å². The van der Waals surface area contributed by atoms with Gasteiger partial charge in [0.25, 0.3) is 0 Å². The molecule has 1 heterocycles. The van der Waals surface area contributed by atoms with Gasteiger partial charge in [-0.05, 0) is 29.8 Å². The van der Waals surface area contributed by atoms with Crippen molar-refractivity contribution in [1.29, 1.82) is 0 Å². The van der Waals surface area contributed by atoms with Crippen molar-refractivity contribution in [3.63, 3.8) is 0 Å². The van der Waals surface area contributed by atoms with Crippen molar-refractivity contribution >= 4 is 12.4 Å². The molecule has 3 rings (SSSR count). The first-order valence-corrected chi connectivity index (χ1v) is 6.44. The first-order chi connectivity index (χ1) is 9.85. The summed E-state index contributed by atoms with van der Waals surface area (Å²) in [7, 11) is 0. The summed E-state index contributed by atoms with van der Waals surface area (Å²) in [5.41, 5.74) is 2.63. The minimum absolute atomic E-state index is 0.334. The lowest BCUT2D eigenvalue weighted by molar-refractivity contribution is -0.105. The molecule has 2 aromatic rings. The molecule has 0 bridgehead atoms. The number of fused-ring (bicyclic) bond motifs is 1. The first-order valence-electron chi connectivity index (χ1n) is 6.44. The standard InChI is InChI=1S/C17H14O3/c18-10-14-8-15-9-16(6-7-17(15)20-12-14)19-11-13-4-2-1-3-5-13/h1-10H,11-12H2. The fourth-order valence-corrected chi connectivity index (χ4v) is 2.07. The van der Waals surface area contributed by atoms with Crippen LogP contribution in [0.5, 0.6) is 11.5 Å². The summed E-state index contributed by atoms with van der Waals surface area (Å²) >= 11 is 0. The van der Waals surface area contributed by atoms with Crippen molar-refractivity contribution in [2.75, 3.05) is 6.61 Å². The van der Waals surface area contributed by atoms with Crippen molar-refractivity contribution in [3.05, 3.63) is 65.2 Å². The summed E-state index contributed by atoms with van der Waals surface area (Å²) in [5.74, 6) is 1.54. The van der Waals surface area contributed by atoms with Crippen molar-refractivity contribution in [3.8, 4) is 11.5 Å². The number of ether oxygens (including phenoxy) is 2. The maximum absolute atomic E-state index is 10.8. The fourth-order valence-electron chi connectivity index (χ4n) is 2.07. The molecule has 3 nitrogen and oxygen atoms in total. The fraction of sp³-hybridized carbons (Fsp3) is 0.118. The van der Waals surface area contributed by atoms with E-state index >= 15 is 0 Å².